The summed E-state index contributed by atoms with van der Waals surface area (Å²) in [7, 11) is 0. The van der Waals surface area contributed by atoms with Gasteiger partial charge in [0.05, 0.1) is 12.6 Å². The highest BCUT2D eigenvalue weighted by Gasteiger charge is 2.53. The molecule has 0 aromatic heterocycles. The third-order valence-corrected chi connectivity index (χ3v) is 11.6. The minimum atomic E-state index is -1.75. The van der Waals surface area contributed by atoms with Gasteiger partial charge in [-0.15, -0.1) is 0 Å². The number of benzene rings is 1. The number of carbonyl (C=O) groups excluding carboxylic acids is 3. The van der Waals surface area contributed by atoms with Crippen LogP contribution in [0.25, 0.3) is 0 Å². The maximum atomic E-state index is 14.2. The van der Waals surface area contributed by atoms with Gasteiger partial charge in [-0.25, -0.2) is 9.69 Å². The maximum Gasteiger partial charge on any atom is 0.417 e. The number of aliphatic hydroxyl groups excluding tert-OH is 3. The van der Waals surface area contributed by atoms with Crippen LogP contribution in [0.4, 0.5) is 4.79 Å². The maximum absolute atomic E-state index is 14.2. The molecule has 1 aromatic carbocycles. The predicted octanol–water partition coefficient (Wildman–Crippen LogP) is 9.32. The van der Waals surface area contributed by atoms with Gasteiger partial charge in [-0.3, -0.25) is 9.59 Å². The number of unbranched alkanes of at least 4 members (excludes halogenated alkanes) is 23. The van der Waals surface area contributed by atoms with Gasteiger partial charge >= 0.3 is 6.09 Å². The number of hydrogen-bond acceptors (Lipinski definition) is 9. The molecule has 0 bridgehead atoms. The molecule has 11 nitrogen and oxygen atoms in total. The van der Waals surface area contributed by atoms with Gasteiger partial charge in [0.2, 0.25) is 11.8 Å². The van der Waals surface area contributed by atoms with Crippen LogP contribution in [0, 0.1) is 0 Å². The molecule has 0 aliphatic carbocycles. The van der Waals surface area contributed by atoms with Crippen LogP contribution < -0.4 is 5.73 Å². The highest BCUT2D eigenvalue weighted by atomic mass is 16.6. The first-order chi connectivity index (χ1) is 28.2. The van der Waals surface area contributed by atoms with Crippen molar-refractivity contribution in [3.63, 3.8) is 0 Å². The molecule has 0 spiro atoms. The monoisotopic (exact) mass is 818 g/mol. The lowest BCUT2D eigenvalue weighted by Crippen LogP contribution is -2.71. The molecule has 1 fully saturated rings. The van der Waals surface area contributed by atoms with E-state index in [1.54, 1.807) is 24.3 Å². The summed E-state index contributed by atoms with van der Waals surface area (Å²) in [6, 6.07) is 6.26. The Hall–Kier alpha value is -2.57. The van der Waals surface area contributed by atoms with Crippen LogP contribution in [-0.4, -0.2) is 92.8 Å². The van der Waals surface area contributed by atoms with Crippen LogP contribution in [0.3, 0.4) is 0 Å². The van der Waals surface area contributed by atoms with Crippen LogP contribution >= 0.6 is 0 Å². The first-order valence-electron chi connectivity index (χ1n) is 23.4. The molecule has 0 unspecified atom stereocenters. The molecule has 1 saturated heterocycles. The van der Waals surface area contributed by atoms with Gasteiger partial charge < -0.3 is 35.4 Å². The van der Waals surface area contributed by atoms with E-state index in [2.05, 4.69) is 13.8 Å². The molecule has 334 valence electrons. The molecule has 5 N–H and O–H groups in total. The number of hydrogen-bond donors (Lipinski definition) is 4. The van der Waals surface area contributed by atoms with Crippen LogP contribution in [0.5, 0.6) is 0 Å². The third kappa shape index (κ3) is 20.1. The van der Waals surface area contributed by atoms with E-state index >= 15 is 0 Å². The summed E-state index contributed by atoms with van der Waals surface area (Å²) >= 11 is 0. The number of nitrogens with zero attached hydrogens (tertiary/aromatic N) is 2. The lowest BCUT2D eigenvalue weighted by Gasteiger charge is -2.49. The standard InChI is InChI=1S/C47H83N3O8/c1-4-6-8-10-12-14-16-18-19-21-23-25-30-34-41(52)49(35-31-26-24-22-20-17-15-13-11-9-7-5-2)46-42(44(54)43(53)40(36-51)58-46)50(45(55)38(3)48)47(56)57-37-39-32-28-27-29-33-39/h27-29,32-33,38,40,42-44,46,51,53-54H,4-26,30-31,34-37,48H2,1-3H3/t38-,40+,42+,43+,44+,46+/m0/s1. The molecule has 0 saturated carbocycles. The number of aliphatic hydroxyl groups is 3. The Morgan fingerprint density at radius 1 is 0.690 bits per heavy atom. The van der Waals surface area contributed by atoms with Gasteiger partial charge in [0.1, 0.15) is 31.0 Å². The Morgan fingerprint density at radius 2 is 1.14 bits per heavy atom. The van der Waals surface area contributed by atoms with Crippen molar-refractivity contribution in [3.05, 3.63) is 35.9 Å². The zero-order valence-corrected chi connectivity index (χ0v) is 36.7. The van der Waals surface area contributed by atoms with Crippen LogP contribution in [0.1, 0.15) is 193 Å². The van der Waals surface area contributed by atoms with E-state index in [1.165, 1.54) is 121 Å². The summed E-state index contributed by atoms with van der Waals surface area (Å²) in [6.07, 6.45) is 22.3. The quantitative estimate of drug-likeness (QED) is 0.0507. The Balaban J connectivity index is 2.15. The normalized spacial score (nSPS) is 19.8. The second kappa shape index (κ2) is 32.2. The molecule has 11 heteroatoms. The first-order valence-corrected chi connectivity index (χ1v) is 23.4. The van der Waals surface area contributed by atoms with Crippen molar-refractivity contribution in [2.24, 2.45) is 5.73 Å². The summed E-state index contributed by atoms with van der Waals surface area (Å²) in [6.45, 7) is 5.36. The number of rotatable bonds is 33. The van der Waals surface area contributed by atoms with Gasteiger partial charge in [-0.1, -0.05) is 192 Å². The van der Waals surface area contributed by atoms with E-state index in [1.807, 2.05) is 6.07 Å². The predicted molar refractivity (Wildman–Crippen MR) is 232 cm³/mol. The molecule has 2 rings (SSSR count). The molecule has 1 aliphatic rings. The van der Waals surface area contributed by atoms with Gasteiger partial charge in [0.15, 0.2) is 6.23 Å². The summed E-state index contributed by atoms with van der Waals surface area (Å²) in [5.41, 5.74) is 6.73. The lowest BCUT2D eigenvalue weighted by molar-refractivity contribution is -0.244. The molecule has 0 radical (unpaired) electrons. The fraction of sp³-hybridized carbons (Fsp3) is 0.809. The van der Waals surface area contributed by atoms with E-state index in [0.29, 0.717) is 23.3 Å². The van der Waals surface area contributed by atoms with Gasteiger partial charge in [0.25, 0.3) is 0 Å². The second-order valence-electron chi connectivity index (χ2n) is 16.7. The van der Waals surface area contributed by atoms with Gasteiger partial charge in [-0.05, 0) is 25.3 Å². The van der Waals surface area contributed by atoms with Crippen LogP contribution in [0.15, 0.2) is 30.3 Å². The SMILES string of the molecule is CCCCCCCCCCCCCCCC(=O)N(CCCCCCCCCCCCCC)[C@@H]1O[C@H](CO)[C@@H](O)[C@H](O)[C@H]1N(C(=O)OCc1ccccc1)C(=O)[C@H](C)N. The highest BCUT2D eigenvalue weighted by Crippen LogP contribution is 2.30. The first kappa shape index (κ1) is 51.6. The van der Waals surface area contributed by atoms with E-state index in [9.17, 15) is 29.7 Å². The van der Waals surface area contributed by atoms with Crippen LogP contribution in [-0.2, 0) is 25.7 Å². The van der Waals surface area contributed by atoms with E-state index in [-0.39, 0.29) is 25.5 Å². The third-order valence-electron chi connectivity index (χ3n) is 11.6. The molecule has 1 aliphatic heterocycles. The summed E-state index contributed by atoms with van der Waals surface area (Å²) in [4.78, 5) is 44.0. The Bertz CT molecular complexity index is 1200. The fourth-order valence-electron chi connectivity index (χ4n) is 7.94. The van der Waals surface area contributed by atoms with Crippen molar-refractivity contribution in [1.82, 2.24) is 9.80 Å². The molecule has 1 aromatic rings. The van der Waals surface area contributed by atoms with Crippen LogP contribution in [0.2, 0.25) is 0 Å². The van der Waals surface area contributed by atoms with Crippen molar-refractivity contribution in [2.45, 2.75) is 231 Å². The second-order valence-corrected chi connectivity index (χ2v) is 16.7. The number of ether oxygens (including phenoxy) is 2. The molecular formula is C47H83N3O8. The number of carbonyl (C=O) groups is 3. The topological polar surface area (TPSA) is 163 Å². The zero-order chi connectivity index (χ0) is 42.4. The Morgan fingerprint density at radius 3 is 1.59 bits per heavy atom. The van der Waals surface area contributed by atoms with E-state index in [4.69, 9.17) is 15.2 Å². The summed E-state index contributed by atoms with van der Waals surface area (Å²) in [5, 5.41) is 32.9. The van der Waals surface area contributed by atoms with Gasteiger partial charge in [-0.2, -0.15) is 0 Å². The number of imide groups is 1. The van der Waals surface area contributed by atoms with Crippen molar-refractivity contribution in [2.75, 3.05) is 13.2 Å². The van der Waals surface area contributed by atoms with Gasteiger partial charge in [0, 0.05) is 13.0 Å². The molecule has 3 amide bonds. The van der Waals surface area contributed by atoms with Crippen molar-refractivity contribution < 1.29 is 39.2 Å². The van der Waals surface area contributed by atoms with Crippen molar-refractivity contribution in [1.29, 1.82) is 0 Å². The van der Waals surface area contributed by atoms with E-state index in [0.717, 1.165) is 38.5 Å². The number of nitrogens with two attached hydrogens (primary N) is 1. The minimum absolute atomic E-state index is 0.154. The zero-order valence-electron chi connectivity index (χ0n) is 36.7. The molecule has 58 heavy (non-hydrogen) atoms. The number of amides is 3. The lowest BCUT2D eigenvalue weighted by atomic mass is 9.93. The average molecular weight is 818 g/mol. The largest absolute Gasteiger partial charge is 0.444 e. The molecular weight excluding hydrogens is 735 g/mol. The molecule has 6 atom stereocenters. The highest BCUT2D eigenvalue weighted by molar-refractivity contribution is 5.95. The smallest absolute Gasteiger partial charge is 0.417 e. The van der Waals surface area contributed by atoms with E-state index < -0.39 is 55.2 Å². The molecule has 1 heterocycles. The van der Waals surface area contributed by atoms with Crippen molar-refractivity contribution >= 4 is 17.9 Å². The average Bonchev–Trinajstić information content (AvgIpc) is 3.22. The Kier molecular flexibility index (Phi) is 28.7. The Labute approximate surface area is 351 Å². The van der Waals surface area contributed by atoms with Crippen molar-refractivity contribution in [3.8, 4) is 0 Å². The minimum Gasteiger partial charge on any atom is -0.444 e. The fourth-order valence-corrected chi connectivity index (χ4v) is 7.94. The summed E-state index contributed by atoms with van der Waals surface area (Å²) < 4.78 is 11.8. The summed E-state index contributed by atoms with van der Waals surface area (Å²) in [5.74, 6) is -1.08.